The highest BCUT2D eigenvalue weighted by Crippen LogP contribution is 1.97. The van der Waals surface area contributed by atoms with Gasteiger partial charge in [-0.25, -0.2) is 0 Å². The van der Waals surface area contributed by atoms with Gasteiger partial charge in [0.15, 0.2) is 0 Å². The van der Waals surface area contributed by atoms with Gasteiger partial charge in [-0.05, 0) is 6.42 Å². The van der Waals surface area contributed by atoms with Crippen LogP contribution in [0.15, 0.2) is 0 Å². The molecule has 0 fully saturated rings. The Labute approximate surface area is 53.7 Å². The van der Waals surface area contributed by atoms with E-state index < -0.39 is 22.1 Å². The Hall–Kier alpha value is -0.160. The molecular weight excluding hydrogens is 147 g/mol. The quantitative estimate of drug-likeness (QED) is 0.588. The van der Waals surface area contributed by atoms with Gasteiger partial charge in [0, 0.05) is 0 Å². The van der Waals surface area contributed by atoms with E-state index in [4.69, 9.17) is 5.11 Å². The Kier molecular flexibility index (Phi) is 3.07. The first-order chi connectivity index (χ1) is 3.95. The first-order valence-electron chi connectivity index (χ1n) is 2.56. The van der Waals surface area contributed by atoms with Crippen molar-refractivity contribution in [2.24, 2.45) is 0 Å². The van der Waals surface area contributed by atoms with Crippen LogP contribution in [0, 0.1) is 0 Å². The Morgan fingerprint density at radius 3 is 2.22 bits per heavy atom. The van der Waals surface area contributed by atoms with Crippen molar-refractivity contribution in [1.82, 2.24) is 0 Å². The Morgan fingerprint density at radius 2 is 2.11 bits per heavy atom. The number of hydrogen-bond acceptors (Lipinski definition) is 3. The summed E-state index contributed by atoms with van der Waals surface area (Å²) >= 11 is 0. The van der Waals surface area contributed by atoms with E-state index in [0.29, 0.717) is 0 Å². The fourth-order valence-corrected chi connectivity index (χ4v) is 1.04. The van der Waals surface area contributed by atoms with Crippen LogP contribution >= 0.6 is 0 Å². The van der Waals surface area contributed by atoms with Gasteiger partial charge in [0.05, 0.1) is 6.10 Å². The molecule has 0 aliphatic carbocycles. The fourth-order valence-electron chi connectivity index (χ4n) is 0.348. The van der Waals surface area contributed by atoms with Crippen LogP contribution in [0.2, 0.25) is 0 Å². The molecule has 1 atom stereocenters. The molecule has 0 bridgehead atoms. The van der Waals surface area contributed by atoms with Crippen molar-refractivity contribution in [3.8, 4) is 0 Å². The number of hydrogen-bond donors (Lipinski definition) is 1. The summed E-state index contributed by atoms with van der Waals surface area (Å²) in [5, 5.41) is 8.57. The lowest BCUT2D eigenvalue weighted by Crippen LogP contribution is -2.16. The zero-order chi connectivity index (χ0) is 7.49. The molecule has 0 amide bonds. The minimum Gasteiger partial charge on any atom is -0.392 e. The van der Waals surface area contributed by atoms with E-state index in [1.807, 2.05) is 0 Å². The number of rotatable bonds is 3. The van der Waals surface area contributed by atoms with Crippen LogP contribution in [0.4, 0.5) is 3.89 Å². The highest BCUT2D eigenvalue weighted by atomic mass is 32.3. The van der Waals surface area contributed by atoms with E-state index in [1.54, 1.807) is 6.92 Å². The highest BCUT2D eigenvalue weighted by Gasteiger charge is 2.12. The third-order valence-electron chi connectivity index (χ3n) is 0.863. The average molecular weight is 156 g/mol. The van der Waals surface area contributed by atoms with Gasteiger partial charge < -0.3 is 5.11 Å². The predicted octanol–water partition coefficient (Wildman–Crippen LogP) is 0.0566. The third-order valence-corrected chi connectivity index (χ3v) is 1.65. The van der Waals surface area contributed by atoms with Crippen LogP contribution in [0.5, 0.6) is 0 Å². The summed E-state index contributed by atoms with van der Waals surface area (Å²) in [4.78, 5) is 0. The molecule has 0 rings (SSSR count). The van der Waals surface area contributed by atoms with Crippen molar-refractivity contribution in [1.29, 1.82) is 0 Å². The molecule has 0 aliphatic rings. The lowest BCUT2D eigenvalue weighted by atomic mass is 10.3. The van der Waals surface area contributed by atoms with Gasteiger partial charge in [-0.15, -0.1) is 3.89 Å². The standard InChI is InChI=1S/C4H9FO3S/c1-2-4(6)3-9(5,7)8/h4,6H,2-3H2,1H3. The van der Waals surface area contributed by atoms with Crippen LogP contribution in [0.3, 0.4) is 0 Å². The second-order valence-electron chi connectivity index (χ2n) is 1.77. The normalized spacial score (nSPS) is 15.4. The van der Waals surface area contributed by atoms with Gasteiger partial charge in [0.1, 0.15) is 5.75 Å². The van der Waals surface area contributed by atoms with Crippen molar-refractivity contribution < 1.29 is 17.4 Å². The molecule has 1 N–H and O–H groups in total. The summed E-state index contributed by atoms with van der Waals surface area (Å²) in [6.07, 6.45) is -0.816. The van der Waals surface area contributed by atoms with E-state index in [0.717, 1.165) is 0 Å². The van der Waals surface area contributed by atoms with Crippen LogP contribution in [-0.4, -0.2) is 25.4 Å². The lowest BCUT2D eigenvalue weighted by molar-refractivity contribution is 0.192. The van der Waals surface area contributed by atoms with E-state index in [-0.39, 0.29) is 6.42 Å². The van der Waals surface area contributed by atoms with Crippen molar-refractivity contribution >= 4 is 10.2 Å². The first-order valence-corrected chi connectivity index (χ1v) is 4.11. The Morgan fingerprint density at radius 1 is 1.67 bits per heavy atom. The number of aliphatic hydroxyl groups is 1. The molecule has 56 valence electrons. The summed E-state index contributed by atoms with van der Waals surface area (Å²) in [6, 6.07) is 0. The molecule has 3 nitrogen and oxygen atoms in total. The molecule has 0 heterocycles. The summed E-state index contributed by atoms with van der Waals surface area (Å²) in [5.41, 5.74) is 0. The molecule has 0 radical (unpaired) electrons. The highest BCUT2D eigenvalue weighted by molar-refractivity contribution is 7.86. The van der Waals surface area contributed by atoms with Crippen LogP contribution in [-0.2, 0) is 10.2 Å². The van der Waals surface area contributed by atoms with Crippen LogP contribution in [0.25, 0.3) is 0 Å². The predicted molar refractivity (Wildman–Crippen MR) is 31.2 cm³/mol. The Bertz CT molecular complexity index is 163. The smallest absolute Gasteiger partial charge is 0.304 e. The maximum absolute atomic E-state index is 11.6. The zero-order valence-corrected chi connectivity index (χ0v) is 5.86. The molecule has 9 heavy (non-hydrogen) atoms. The summed E-state index contributed by atoms with van der Waals surface area (Å²) in [7, 11) is -4.49. The number of halogens is 1. The minimum absolute atomic E-state index is 0.253. The van der Waals surface area contributed by atoms with Crippen molar-refractivity contribution in [2.75, 3.05) is 5.75 Å². The van der Waals surface area contributed by atoms with Crippen molar-refractivity contribution in [2.45, 2.75) is 19.4 Å². The van der Waals surface area contributed by atoms with Gasteiger partial charge in [-0.3, -0.25) is 0 Å². The van der Waals surface area contributed by atoms with Crippen molar-refractivity contribution in [3.05, 3.63) is 0 Å². The van der Waals surface area contributed by atoms with Gasteiger partial charge in [0.2, 0.25) is 0 Å². The van der Waals surface area contributed by atoms with Crippen molar-refractivity contribution in [3.63, 3.8) is 0 Å². The summed E-state index contributed by atoms with van der Waals surface area (Å²) < 4.78 is 31.2. The molecule has 0 spiro atoms. The SMILES string of the molecule is CCC(O)CS(=O)(=O)F. The van der Waals surface area contributed by atoms with Gasteiger partial charge in [0.25, 0.3) is 0 Å². The number of aliphatic hydroxyl groups excluding tert-OH is 1. The van der Waals surface area contributed by atoms with Crippen LogP contribution in [0.1, 0.15) is 13.3 Å². The lowest BCUT2D eigenvalue weighted by Gasteiger charge is -2.00. The van der Waals surface area contributed by atoms with Gasteiger partial charge >= 0.3 is 10.2 Å². The molecule has 0 aliphatic heterocycles. The Balaban J connectivity index is 3.75. The monoisotopic (exact) mass is 156 g/mol. The second kappa shape index (κ2) is 3.12. The molecule has 0 aromatic rings. The molecule has 0 aromatic carbocycles. The first kappa shape index (κ1) is 8.84. The molecule has 0 saturated heterocycles. The molecular formula is C4H9FO3S. The van der Waals surface area contributed by atoms with Crippen LogP contribution < -0.4 is 0 Å². The third kappa shape index (κ3) is 5.72. The van der Waals surface area contributed by atoms with E-state index >= 15 is 0 Å². The molecule has 1 unspecified atom stereocenters. The topological polar surface area (TPSA) is 54.4 Å². The summed E-state index contributed by atoms with van der Waals surface area (Å²) in [5.74, 6) is -0.788. The zero-order valence-electron chi connectivity index (χ0n) is 5.04. The largest absolute Gasteiger partial charge is 0.392 e. The average Bonchev–Trinajstić information content (AvgIpc) is 1.62. The molecule has 0 saturated carbocycles. The summed E-state index contributed by atoms with van der Waals surface area (Å²) in [6.45, 7) is 1.58. The van der Waals surface area contributed by atoms with Gasteiger partial charge in [-0.1, -0.05) is 6.92 Å². The van der Waals surface area contributed by atoms with E-state index in [2.05, 4.69) is 0 Å². The van der Waals surface area contributed by atoms with E-state index in [1.165, 1.54) is 0 Å². The second-order valence-corrected chi connectivity index (χ2v) is 3.18. The maximum atomic E-state index is 11.6. The maximum Gasteiger partial charge on any atom is 0.304 e. The van der Waals surface area contributed by atoms with E-state index in [9.17, 15) is 12.3 Å². The fraction of sp³-hybridized carbons (Fsp3) is 1.00. The minimum atomic E-state index is -4.49. The molecule has 5 heteroatoms. The molecule has 0 aromatic heterocycles. The van der Waals surface area contributed by atoms with Gasteiger partial charge in [-0.2, -0.15) is 8.42 Å².